The van der Waals surface area contributed by atoms with Crippen LogP contribution in [0.25, 0.3) is 0 Å². The zero-order valence-electron chi connectivity index (χ0n) is 12.7. The Balaban J connectivity index is 1.65. The zero-order chi connectivity index (χ0) is 14.7. The van der Waals surface area contributed by atoms with Crippen LogP contribution in [-0.2, 0) is 4.74 Å². The molecule has 0 radical (unpaired) electrons. The number of ether oxygens (including phenoxy) is 1. The summed E-state index contributed by atoms with van der Waals surface area (Å²) in [6, 6.07) is 9.01. The fourth-order valence-corrected chi connectivity index (χ4v) is 3.79. The van der Waals surface area contributed by atoms with Crippen molar-refractivity contribution in [2.24, 2.45) is 5.92 Å². The number of hydrogen-bond acceptors (Lipinski definition) is 3. The van der Waals surface area contributed by atoms with Crippen LogP contribution in [0.15, 0.2) is 28.7 Å². The van der Waals surface area contributed by atoms with Crippen molar-refractivity contribution in [1.29, 1.82) is 0 Å². The molecule has 2 aliphatic heterocycles. The van der Waals surface area contributed by atoms with Crippen molar-refractivity contribution in [3.8, 4) is 0 Å². The molecule has 1 N–H and O–H groups in total. The smallest absolute Gasteiger partial charge is 0.0977 e. The molecule has 3 nitrogen and oxygen atoms in total. The number of piperidine rings is 1. The van der Waals surface area contributed by atoms with Crippen molar-refractivity contribution in [2.45, 2.75) is 31.9 Å². The zero-order valence-corrected chi connectivity index (χ0v) is 14.3. The summed E-state index contributed by atoms with van der Waals surface area (Å²) in [7, 11) is 0. The number of benzene rings is 1. The average Bonchev–Trinajstić information content (AvgIpc) is 2.52. The lowest BCUT2D eigenvalue weighted by molar-refractivity contribution is -0.0721. The molecule has 1 aromatic carbocycles. The Morgan fingerprint density at radius 2 is 2.14 bits per heavy atom. The van der Waals surface area contributed by atoms with Crippen LogP contribution < -0.4 is 5.32 Å². The quantitative estimate of drug-likeness (QED) is 0.903. The van der Waals surface area contributed by atoms with Crippen LogP contribution in [0.2, 0.25) is 0 Å². The Morgan fingerprint density at radius 1 is 1.33 bits per heavy atom. The second kappa shape index (κ2) is 7.23. The number of hydrogen-bond donors (Lipinski definition) is 1. The van der Waals surface area contributed by atoms with E-state index in [9.17, 15) is 0 Å². The van der Waals surface area contributed by atoms with Crippen LogP contribution in [0.5, 0.6) is 0 Å². The number of nitrogens with zero attached hydrogens (tertiary/aromatic N) is 1. The van der Waals surface area contributed by atoms with Gasteiger partial charge in [0.05, 0.1) is 12.7 Å². The molecule has 3 rings (SSSR count). The highest BCUT2D eigenvalue weighted by Gasteiger charge is 2.31. The standard InChI is InChI=1S/C17H25BrN2O/c1-13-17(15-4-6-16(18)7-5-15)21-10-9-20(13)12-14-3-2-8-19-11-14/h4-7,13-14,17,19H,2-3,8-12H2,1H3. The summed E-state index contributed by atoms with van der Waals surface area (Å²) in [4.78, 5) is 2.62. The third-order valence-electron chi connectivity index (χ3n) is 4.78. The molecule has 0 saturated carbocycles. The summed E-state index contributed by atoms with van der Waals surface area (Å²) in [5.74, 6) is 0.796. The molecule has 21 heavy (non-hydrogen) atoms. The van der Waals surface area contributed by atoms with Gasteiger partial charge < -0.3 is 10.1 Å². The molecular formula is C17H25BrN2O. The summed E-state index contributed by atoms with van der Waals surface area (Å²) in [5, 5.41) is 3.53. The fraction of sp³-hybridized carbons (Fsp3) is 0.647. The number of morpholine rings is 1. The molecule has 0 aromatic heterocycles. The third kappa shape index (κ3) is 3.86. The van der Waals surface area contributed by atoms with Gasteiger partial charge in [0.25, 0.3) is 0 Å². The minimum atomic E-state index is 0.198. The van der Waals surface area contributed by atoms with E-state index in [2.05, 4.69) is 57.3 Å². The van der Waals surface area contributed by atoms with Gasteiger partial charge in [0, 0.05) is 23.6 Å². The molecule has 0 spiro atoms. The summed E-state index contributed by atoms with van der Waals surface area (Å²) in [6.07, 6.45) is 2.88. The van der Waals surface area contributed by atoms with E-state index in [1.807, 2.05) is 0 Å². The fourth-order valence-electron chi connectivity index (χ4n) is 3.53. The van der Waals surface area contributed by atoms with Crippen molar-refractivity contribution in [1.82, 2.24) is 10.2 Å². The topological polar surface area (TPSA) is 24.5 Å². The summed E-state index contributed by atoms with van der Waals surface area (Å²) < 4.78 is 7.19. The second-order valence-corrected chi connectivity index (χ2v) is 7.21. The summed E-state index contributed by atoms with van der Waals surface area (Å²) in [5.41, 5.74) is 1.29. The maximum Gasteiger partial charge on any atom is 0.0977 e. The van der Waals surface area contributed by atoms with E-state index in [0.717, 1.165) is 23.5 Å². The Kier molecular flexibility index (Phi) is 5.33. The lowest BCUT2D eigenvalue weighted by Crippen LogP contribution is -2.49. The molecule has 2 heterocycles. The second-order valence-electron chi connectivity index (χ2n) is 6.29. The number of rotatable bonds is 3. The molecule has 116 valence electrons. The van der Waals surface area contributed by atoms with E-state index >= 15 is 0 Å². The largest absolute Gasteiger partial charge is 0.371 e. The first-order valence-electron chi connectivity index (χ1n) is 8.06. The highest BCUT2D eigenvalue weighted by atomic mass is 79.9. The lowest BCUT2D eigenvalue weighted by Gasteiger charge is -2.41. The van der Waals surface area contributed by atoms with Gasteiger partial charge in [-0.25, -0.2) is 0 Å². The molecular weight excluding hydrogens is 328 g/mol. The minimum Gasteiger partial charge on any atom is -0.371 e. The van der Waals surface area contributed by atoms with Gasteiger partial charge in [0.1, 0.15) is 0 Å². The molecule has 3 atom stereocenters. The van der Waals surface area contributed by atoms with Crippen LogP contribution in [0.1, 0.15) is 31.4 Å². The third-order valence-corrected chi connectivity index (χ3v) is 5.31. The monoisotopic (exact) mass is 352 g/mol. The van der Waals surface area contributed by atoms with Gasteiger partial charge in [0.15, 0.2) is 0 Å². The lowest BCUT2D eigenvalue weighted by atomic mass is 9.95. The number of nitrogens with one attached hydrogen (secondary N) is 1. The van der Waals surface area contributed by atoms with Crippen molar-refractivity contribution in [2.75, 3.05) is 32.8 Å². The molecule has 0 bridgehead atoms. The molecule has 2 aliphatic rings. The Bertz CT molecular complexity index is 445. The molecule has 0 amide bonds. The average molecular weight is 353 g/mol. The maximum atomic E-state index is 6.06. The molecule has 2 fully saturated rings. The molecule has 3 unspecified atom stereocenters. The van der Waals surface area contributed by atoms with Gasteiger partial charge in [0.2, 0.25) is 0 Å². The van der Waals surface area contributed by atoms with Crippen molar-refractivity contribution in [3.05, 3.63) is 34.3 Å². The summed E-state index contributed by atoms with van der Waals surface area (Å²) in [6.45, 7) is 7.77. The predicted molar refractivity (Wildman–Crippen MR) is 89.5 cm³/mol. The SMILES string of the molecule is CC1C(c2ccc(Br)cc2)OCCN1CC1CCCNC1. The van der Waals surface area contributed by atoms with Crippen LogP contribution >= 0.6 is 15.9 Å². The highest BCUT2D eigenvalue weighted by molar-refractivity contribution is 9.10. The Morgan fingerprint density at radius 3 is 2.86 bits per heavy atom. The highest BCUT2D eigenvalue weighted by Crippen LogP contribution is 2.30. The van der Waals surface area contributed by atoms with E-state index in [0.29, 0.717) is 6.04 Å². The molecule has 2 saturated heterocycles. The van der Waals surface area contributed by atoms with E-state index in [1.165, 1.54) is 38.0 Å². The van der Waals surface area contributed by atoms with Crippen molar-refractivity contribution < 1.29 is 4.74 Å². The predicted octanol–water partition coefficient (Wildman–Crippen LogP) is 3.21. The minimum absolute atomic E-state index is 0.198. The maximum absolute atomic E-state index is 6.06. The van der Waals surface area contributed by atoms with Gasteiger partial charge >= 0.3 is 0 Å². The van der Waals surface area contributed by atoms with Gasteiger partial charge in [-0.05, 0) is 56.5 Å². The Hall–Kier alpha value is -0.420. The molecule has 0 aliphatic carbocycles. The van der Waals surface area contributed by atoms with Crippen LogP contribution in [0, 0.1) is 5.92 Å². The van der Waals surface area contributed by atoms with Gasteiger partial charge in [-0.3, -0.25) is 4.90 Å². The van der Waals surface area contributed by atoms with E-state index in [4.69, 9.17) is 4.74 Å². The van der Waals surface area contributed by atoms with E-state index in [1.54, 1.807) is 0 Å². The van der Waals surface area contributed by atoms with Crippen LogP contribution in [0.4, 0.5) is 0 Å². The molecule has 4 heteroatoms. The first-order valence-corrected chi connectivity index (χ1v) is 8.85. The van der Waals surface area contributed by atoms with Crippen LogP contribution in [-0.4, -0.2) is 43.7 Å². The van der Waals surface area contributed by atoms with E-state index < -0.39 is 0 Å². The van der Waals surface area contributed by atoms with Crippen molar-refractivity contribution >= 4 is 15.9 Å². The number of halogens is 1. The first-order chi connectivity index (χ1) is 10.2. The summed E-state index contributed by atoms with van der Waals surface area (Å²) >= 11 is 3.50. The molecule has 1 aromatic rings. The van der Waals surface area contributed by atoms with Crippen molar-refractivity contribution in [3.63, 3.8) is 0 Å². The van der Waals surface area contributed by atoms with Gasteiger partial charge in [-0.2, -0.15) is 0 Å². The normalized spacial score (nSPS) is 31.2. The van der Waals surface area contributed by atoms with E-state index in [-0.39, 0.29) is 6.10 Å². The van der Waals surface area contributed by atoms with Gasteiger partial charge in [-0.1, -0.05) is 28.1 Å². The first kappa shape index (κ1) is 15.5. The van der Waals surface area contributed by atoms with Gasteiger partial charge in [-0.15, -0.1) is 0 Å². The Labute approximate surface area is 136 Å². The van der Waals surface area contributed by atoms with Crippen LogP contribution in [0.3, 0.4) is 0 Å².